The molecule has 2 aliphatic rings. The number of hydrogen-bond acceptors (Lipinski definition) is 5. The third-order valence-electron chi connectivity index (χ3n) is 6.76. The van der Waals surface area contributed by atoms with E-state index in [0.29, 0.717) is 32.7 Å². The van der Waals surface area contributed by atoms with Crippen molar-refractivity contribution < 1.29 is 31.1 Å². The molecule has 3 aromatic rings. The maximum Gasteiger partial charge on any atom is 0.408 e. The molecule has 2 unspecified atom stereocenters. The van der Waals surface area contributed by atoms with Crippen LogP contribution in [0.15, 0.2) is 40.7 Å². The molecular weight excluding hydrogens is 520 g/mol. The molecule has 13 heteroatoms. The third-order valence-corrected chi connectivity index (χ3v) is 7.83. The van der Waals surface area contributed by atoms with E-state index in [2.05, 4.69) is 15.1 Å². The Morgan fingerprint density at radius 1 is 1.24 bits per heavy atom. The number of carbonyl (C=O) groups excluding carboxylic acids is 1. The van der Waals surface area contributed by atoms with Crippen LogP contribution in [0, 0.1) is 17.7 Å². The van der Waals surface area contributed by atoms with Gasteiger partial charge in [-0.15, -0.1) is 11.3 Å². The number of aromatic nitrogens is 3. The summed E-state index contributed by atoms with van der Waals surface area (Å²) in [6.07, 6.45) is -5.14. The number of carbonyl (C=O) groups is 1. The lowest BCUT2D eigenvalue weighted by Crippen LogP contribution is -2.42. The molecule has 0 saturated heterocycles. The van der Waals surface area contributed by atoms with Crippen LogP contribution in [0.2, 0.25) is 0 Å². The van der Waals surface area contributed by atoms with Gasteiger partial charge in [-0.1, -0.05) is 19.9 Å². The fourth-order valence-corrected chi connectivity index (χ4v) is 5.88. The van der Waals surface area contributed by atoms with Crippen LogP contribution in [-0.4, -0.2) is 44.5 Å². The first kappa shape index (κ1) is 25.4. The monoisotopic (exact) mass is 541 g/mol. The summed E-state index contributed by atoms with van der Waals surface area (Å²) in [7, 11) is 0. The SMILES string of the molecule is CC1C=NC2=C(CCN(C(=O)c3cn(CC(F)(F)F)nc3C(F)F)[C@@H]2c2nc3c(F)cccc3s2)C1C. The topological polar surface area (TPSA) is 63.4 Å². The lowest BCUT2D eigenvalue weighted by Gasteiger charge is -2.40. The molecule has 1 amide bonds. The molecule has 1 aromatic carbocycles. The lowest BCUT2D eigenvalue weighted by molar-refractivity contribution is -0.142. The largest absolute Gasteiger partial charge is 0.408 e. The van der Waals surface area contributed by atoms with Crippen LogP contribution in [0.4, 0.5) is 26.3 Å². The summed E-state index contributed by atoms with van der Waals surface area (Å²) in [6, 6.07) is 3.54. The van der Waals surface area contributed by atoms with E-state index in [9.17, 15) is 31.1 Å². The molecule has 37 heavy (non-hydrogen) atoms. The van der Waals surface area contributed by atoms with Gasteiger partial charge in [-0.25, -0.2) is 18.2 Å². The number of para-hydroxylation sites is 1. The summed E-state index contributed by atoms with van der Waals surface area (Å²) in [5.74, 6) is -1.25. The second-order valence-corrected chi connectivity index (χ2v) is 10.2. The molecule has 0 N–H and O–H groups in total. The average Bonchev–Trinajstić information content (AvgIpc) is 3.44. The first-order valence-corrected chi connectivity index (χ1v) is 12.3. The number of fused-ring (bicyclic) bond motifs is 1. The molecule has 0 fully saturated rings. The van der Waals surface area contributed by atoms with E-state index >= 15 is 0 Å². The predicted molar refractivity (Wildman–Crippen MR) is 125 cm³/mol. The summed E-state index contributed by atoms with van der Waals surface area (Å²) >= 11 is 1.14. The van der Waals surface area contributed by atoms with Gasteiger partial charge in [0, 0.05) is 19.0 Å². The number of hydrogen-bond donors (Lipinski definition) is 0. The van der Waals surface area contributed by atoms with Crippen LogP contribution in [0.1, 0.15) is 53.8 Å². The van der Waals surface area contributed by atoms with Crippen molar-refractivity contribution in [3.05, 3.63) is 57.7 Å². The van der Waals surface area contributed by atoms with E-state index in [1.165, 1.54) is 17.0 Å². The van der Waals surface area contributed by atoms with E-state index in [1.54, 1.807) is 12.3 Å². The van der Waals surface area contributed by atoms with E-state index in [4.69, 9.17) is 0 Å². The number of alkyl halides is 5. The second kappa shape index (κ2) is 9.26. The Morgan fingerprint density at radius 2 is 2.00 bits per heavy atom. The van der Waals surface area contributed by atoms with Gasteiger partial charge in [0.1, 0.15) is 34.6 Å². The average molecular weight is 542 g/mol. The summed E-state index contributed by atoms with van der Waals surface area (Å²) in [5, 5.41) is 3.69. The normalized spacial score (nSPS) is 22.3. The van der Waals surface area contributed by atoms with Gasteiger partial charge in [-0.3, -0.25) is 14.5 Å². The molecule has 2 aliphatic heterocycles. The van der Waals surface area contributed by atoms with E-state index in [1.807, 2.05) is 13.8 Å². The maximum absolute atomic E-state index is 14.4. The van der Waals surface area contributed by atoms with Gasteiger partial charge >= 0.3 is 6.18 Å². The van der Waals surface area contributed by atoms with Crippen molar-refractivity contribution in [2.75, 3.05) is 6.54 Å². The van der Waals surface area contributed by atoms with E-state index in [0.717, 1.165) is 16.9 Å². The van der Waals surface area contributed by atoms with Crippen molar-refractivity contribution in [1.29, 1.82) is 0 Å². The number of halogens is 6. The van der Waals surface area contributed by atoms with E-state index < -0.39 is 48.2 Å². The van der Waals surface area contributed by atoms with E-state index in [-0.39, 0.29) is 23.9 Å². The number of amides is 1. The molecule has 0 aliphatic carbocycles. The Hall–Kier alpha value is -3.22. The highest BCUT2D eigenvalue weighted by Crippen LogP contribution is 2.45. The number of nitrogens with zero attached hydrogens (tertiary/aromatic N) is 5. The molecule has 0 bridgehead atoms. The Morgan fingerprint density at radius 3 is 2.68 bits per heavy atom. The standard InChI is InChI=1S/C24H21F6N5OS/c1-11-8-31-17-13(12(11)2)6-7-35(20(17)22-32-19-15(25)4-3-5-16(19)37-22)23(36)14-9-34(10-24(28,29)30)33-18(14)21(26)27/h3-5,8-9,11-12,20-21H,6-7,10H2,1-2H3/t11?,12?,20-/m0/s1. The fourth-order valence-electron chi connectivity index (χ4n) is 4.78. The number of benzene rings is 1. The summed E-state index contributed by atoms with van der Waals surface area (Å²) in [5.41, 5.74) is -0.0503. The van der Waals surface area contributed by atoms with Gasteiger partial charge in [-0.2, -0.15) is 18.3 Å². The molecule has 5 rings (SSSR count). The van der Waals surface area contributed by atoms with Crippen molar-refractivity contribution in [2.45, 2.75) is 45.5 Å². The highest BCUT2D eigenvalue weighted by atomic mass is 32.1. The lowest BCUT2D eigenvalue weighted by atomic mass is 9.81. The first-order valence-electron chi connectivity index (χ1n) is 11.5. The molecule has 0 radical (unpaired) electrons. The van der Waals surface area contributed by atoms with Gasteiger partial charge in [0.05, 0.1) is 16.0 Å². The van der Waals surface area contributed by atoms with Crippen LogP contribution in [-0.2, 0) is 6.54 Å². The first-order chi connectivity index (χ1) is 17.4. The van der Waals surface area contributed by atoms with Gasteiger partial charge in [0.15, 0.2) is 0 Å². The number of rotatable bonds is 4. The Bertz CT molecular complexity index is 1420. The van der Waals surface area contributed by atoms with Crippen molar-refractivity contribution in [3.8, 4) is 0 Å². The minimum absolute atomic E-state index is 0.0875. The zero-order chi connectivity index (χ0) is 26.6. The maximum atomic E-state index is 14.4. The minimum Gasteiger partial charge on any atom is -0.323 e. The minimum atomic E-state index is -4.71. The zero-order valence-electron chi connectivity index (χ0n) is 19.6. The molecule has 3 atom stereocenters. The van der Waals surface area contributed by atoms with Crippen LogP contribution in [0.5, 0.6) is 0 Å². The predicted octanol–water partition coefficient (Wildman–Crippen LogP) is 6.33. The Balaban J connectivity index is 1.62. The van der Waals surface area contributed by atoms with Crippen LogP contribution in [0.25, 0.3) is 10.2 Å². The van der Waals surface area contributed by atoms with Gasteiger partial charge < -0.3 is 4.90 Å². The van der Waals surface area contributed by atoms with Crippen LogP contribution in [0.3, 0.4) is 0 Å². The Kier molecular flexibility index (Phi) is 6.37. The molecule has 6 nitrogen and oxygen atoms in total. The smallest absolute Gasteiger partial charge is 0.323 e. The highest BCUT2D eigenvalue weighted by Gasteiger charge is 2.41. The van der Waals surface area contributed by atoms with Gasteiger partial charge in [0.2, 0.25) is 0 Å². The molecule has 2 aromatic heterocycles. The molecule has 4 heterocycles. The summed E-state index contributed by atoms with van der Waals surface area (Å²) in [6.45, 7) is 2.51. The van der Waals surface area contributed by atoms with Crippen molar-refractivity contribution >= 4 is 33.7 Å². The molecule has 0 spiro atoms. The summed E-state index contributed by atoms with van der Waals surface area (Å²) in [4.78, 5) is 24.0. The highest BCUT2D eigenvalue weighted by molar-refractivity contribution is 7.18. The number of aliphatic imine (C=N–C) groups is 1. The van der Waals surface area contributed by atoms with Crippen molar-refractivity contribution in [3.63, 3.8) is 0 Å². The number of thiazole rings is 1. The van der Waals surface area contributed by atoms with Gasteiger partial charge in [-0.05, 0) is 36.0 Å². The fraction of sp³-hybridized carbons (Fsp3) is 0.417. The van der Waals surface area contributed by atoms with Crippen LogP contribution >= 0.6 is 11.3 Å². The molecule has 196 valence electrons. The third kappa shape index (κ3) is 4.64. The van der Waals surface area contributed by atoms with Crippen LogP contribution < -0.4 is 0 Å². The summed E-state index contributed by atoms with van der Waals surface area (Å²) < 4.78 is 81.5. The Labute approximate surface area is 211 Å². The van der Waals surface area contributed by atoms with Crippen molar-refractivity contribution in [1.82, 2.24) is 19.7 Å². The molecular formula is C24H21F6N5OS. The zero-order valence-corrected chi connectivity index (χ0v) is 20.5. The van der Waals surface area contributed by atoms with Gasteiger partial charge in [0.25, 0.3) is 12.3 Å². The molecule has 0 saturated carbocycles. The van der Waals surface area contributed by atoms with Crippen molar-refractivity contribution in [2.24, 2.45) is 16.8 Å². The quantitative estimate of drug-likeness (QED) is 0.363. The second-order valence-electron chi connectivity index (χ2n) is 9.17.